The van der Waals surface area contributed by atoms with Gasteiger partial charge in [-0.05, 0) is 76.5 Å². The van der Waals surface area contributed by atoms with Gasteiger partial charge in [-0.1, -0.05) is 61.5 Å². The van der Waals surface area contributed by atoms with Gasteiger partial charge in [-0.3, -0.25) is 4.79 Å². The molecule has 1 nitrogen and oxygen atoms in total. The van der Waals surface area contributed by atoms with Crippen molar-refractivity contribution in [2.75, 3.05) is 0 Å². The van der Waals surface area contributed by atoms with Gasteiger partial charge in [-0.15, -0.1) is 0 Å². The van der Waals surface area contributed by atoms with E-state index >= 15 is 0 Å². The van der Waals surface area contributed by atoms with E-state index < -0.39 is 0 Å². The molecule has 4 rings (SSSR count). The fourth-order valence-electron chi connectivity index (χ4n) is 4.88. The summed E-state index contributed by atoms with van der Waals surface area (Å²) >= 11 is 2.41. The van der Waals surface area contributed by atoms with E-state index in [1.54, 1.807) is 0 Å². The Labute approximate surface area is 163 Å². The summed E-state index contributed by atoms with van der Waals surface area (Å²) in [6.07, 6.45) is 6.09. The Morgan fingerprint density at radius 3 is 2.56 bits per heavy atom. The lowest BCUT2D eigenvalue weighted by Crippen LogP contribution is -2.44. The van der Waals surface area contributed by atoms with Gasteiger partial charge in [-0.25, -0.2) is 0 Å². The molecule has 2 heteroatoms. The molecule has 0 radical (unpaired) electrons. The Morgan fingerprint density at radius 2 is 1.80 bits per heavy atom. The minimum atomic E-state index is -0.338. The first-order chi connectivity index (χ1) is 12.1. The molecule has 128 valence electrons. The lowest BCUT2D eigenvalue weighted by atomic mass is 9.58. The number of hydrogen-bond acceptors (Lipinski definition) is 1. The molecule has 0 heterocycles. The number of Topliss-reactive ketones (excluding diaryl/α,β-unsaturated/α-hetero) is 1. The Kier molecular flexibility index (Phi) is 4.57. The number of ketones is 1. The van der Waals surface area contributed by atoms with Crippen molar-refractivity contribution in [1.82, 2.24) is 0 Å². The third-order valence-corrected chi connectivity index (χ3v) is 7.07. The van der Waals surface area contributed by atoms with E-state index in [-0.39, 0.29) is 5.41 Å². The van der Waals surface area contributed by atoms with Crippen LogP contribution in [0.25, 0.3) is 5.57 Å². The molecule has 3 atom stereocenters. The van der Waals surface area contributed by atoms with Crippen LogP contribution >= 0.6 is 22.6 Å². The van der Waals surface area contributed by atoms with Crippen LogP contribution in [0.1, 0.15) is 37.3 Å². The number of halogens is 1. The molecular formula is C23H23IO. The van der Waals surface area contributed by atoms with Crippen LogP contribution in [0, 0.1) is 20.8 Å². The first-order valence-electron chi connectivity index (χ1n) is 9.14. The average Bonchev–Trinajstić information content (AvgIpc) is 2.97. The number of allylic oxidation sites excluding steroid dienone is 2. The molecule has 1 unspecified atom stereocenters. The van der Waals surface area contributed by atoms with Crippen LogP contribution in [0.3, 0.4) is 0 Å². The normalized spacial score (nSPS) is 28.6. The molecule has 2 aromatic carbocycles. The summed E-state index contributed by atoms with van der Waals surface area (Å²) in [6.45, 7) is 2.23. The fourth-order valence-corrected chi connectivity index (χ4v) is 5.46. The van der Waals surface area contributed by atoms with Crippen molar-refractivity contribution >= 4 is 33.9 Å². The minimum Gasteiger partial charge on any atom is -0.299 e. The van der Waals surface area contributed by atoms with E-state index in [4.69, 9.17) is 0 Å². The quantitative estimate of drug-likeness (QED) is 0.540. The van der Waals surface area contributed by atoms with Crippen LogP contribution < -0.4 is 0 Å². The summed E-state index contributed by atoms with van der Waals surface area (Å²) in [5.74, 6) is 1.39. The lowest BCUT2D eigenvalue weighted by Gasteiger charge is -2.43. The lowest BCUT2D eigenvalue weighted by molar-refractivity contribution is -0.132. The van der Waals surface area contributed by atoms with Crippen LogP contribution in [-0.2, 0) is 11.2 Å². The molecule has 2 aliphatic carbocycles. The maximum atomic E-state index is 13.5. The molecule has 1 fully saturated rings. The SMILES string of the molecule is C[C@H]1CC(=O)[C@]2(Cc3ccccc3I)C(c3ccccc3)=CCC2C1. The van der Waals surface area contributed by atoms with Gasteiger partial charge in [-0.2, -0.15) is 0 Å². The first kappa shape index (κ1) is 17.0. The van der Waals surface area contributed by atoms with E-state index in [0.29, 0.717) is 24.0 Å². The topological polar surface area (TPSA) is 17.1 Å². The molecule has 0 spiro atoms. The monoisotopic (exact) mass is 442 g/mol. The predicted octanol–water partition coefficient (Wildman–Crippen LogP) is 5.92. The third kappa shape index (κ3) is 2.88. The van der Waals surface area contributed by atoms with Crippen molar-refractivity contribution < 1.29 is 4.79 Å². The zero-order valence-electron chi connectivity index (χ0n) is 14.5. The van der Waals surface area contributed by atoms with Crippen molar-refractivity contribution in [3.8, 4) is 0 Å². The molecule has 0 amide bonds. The highest BCUT2D eigenvalue weighted by Crippen LogP contribution is 2.57. The van der Waals surface area contributed by atoms with Gasteiger partial charge < -0.3 is 0 Å². The number of carbonyl (C=O) groups excluding carboxylic acids is 1. The van der Waals surface area contributed by atoms with Gasteiger partial charge in [0.1, 0.15) is 5.78 Å². The van der Waals surface area contributed by atoms with Crippen LogP contribution in [0.4, 0.5) is 0 Å². The summed E-state index contributed by atoms with van der Waals surface area (Å²) in [5.41, 5.74) is 3.46. The van der Waals surface area contributed by atoms with Crippen LogP contribution in [-0.4, -0.2) is 5.78 Å². The number of rotatable bonds is 3. The Morgan fingerprint density at radius 1 is 1.08 bits per heavy atom. The Balaban J connectivity index is 1.83. The van der Waals surface area contributed by atoms with Gasteiger partial charge in [0, 0.05) is 9.99 Å². The molecule has 2 aromatic rings. The van der Waals surface area contributed by atoms with Crippen LogP contribution in [0.2, 0.25) is 0 Å². The molecule has 0 aliphatic heterocycles. The summed E-state index contributed by atoms with van der Waals surface area (Å²) in [5, 5.41) is 0. The maximum Gasteiger partial charge on any atom is 0.144 e. The Bertz CT molecular complexity index is 823. The molecule has 0 saturated heterocycles. The van der Waals surface area contributed by atoms with Crippen molar-refractivity contribution in [3.05, 3.63) is 75.4 Å². The van der Waals surface area contributed by atoms with Crippen LogP contribution in [0.15, 0.2) is 60.7 Å². The maximum absolute atomic E-state index is 13.5. The minimum absolute atomic E-state index is 0.338. The zero-order chi connectivity index (χ0) is 17.4. The molecular weight excluding hydrogens is 419 g/mol. The van der Waals surface area contributed by atoms with Crippen molar-refractivity contribution in [2.45, 2.75) is 32.6 Å². The molecule has 2 aliphatic rings. The molecule has 25 heavy (non-hydrogen) atoms. The largest absolute Gasteiger partial charge is 0.299 e. The highest BCUT2D eigenvalue weighted by atomic mass is 127. The van der Waals surface area contributed by atoms with Gasteiger partial charge in [0.15, 0.2) is 0 Å². The Hall–Kier alpha value is -1.42. The first-order valence-corrected chi connectivity index (χ1v) is 10.2. The van der Waals surface area contributed by atoms with Crippen LogP contribution in [0.5, 0.6) is 0 Å². The highest BCUT2D eigenvalue weighted by Gasteiger charge is 2.53. The standard InChI is InChI=1S/C23H23IO/c1-16-13-19-11-12-20(17-7-3-2-4-8-17)23(19,22(25)14-16)15-18-9-5-6-10-21(18)24/h2-10,12,16,19H,11,13-15H2,1H3/t16-,19?,23+/m1/s1. The van der Waals surface area contributed by atoms with Gasteiger partial charge in [0.2, 0.25) is 0 Å². The van der Waals surface area contributed by atoms with E-state index in [0.717, 1.165) is 19.3 Å². The third-order valence-electron chi connectivity index (χ3n) is 6.01. The van der Waals surface area contributed by atoms with Crippen molar-refractivity contribution in [3.63, 3.8) is 0 Å². The summed E-state index contributed by atoms with van der Waals surface area (Å²) in [7, 11) is 0. The molecule has 0 aromatic heterocycles. The molecule has 0 bridgehead atoms. The number of fused-ring (bicyclic) bond motifs is 1. The van der Waals surface area contributed by atoms with Crippen molar-refractivity contribution in [1.29, 1.82) is 0 Å². The summed E-state index contributed by atoms with van der Waals surface area (Å²) in [6, 6.07) is 19.1. The van der Waals surface area contributed by atoms with E-state index in [1.165, 1.54) is 20.3 Å². The second-order valence-corrected chi connectivity index (χ2v) is 8.79. The van der Waals surface area contributed by atoms with E-state index in [2.05, 4.69) is 84.1 Å². The summed E-state index contributed by atoms with van der Waals surface area (Å²) in [4.78, 5) is 13.5. The fraction of sp³-hybridized carbons (Fsp3) is 0.348. The summed E-state index contributed by atoms with van der Waals surface area (Å²) < 4.78 is 1.26. The highest BCUT2D eigenvalue weighted by molar-refractivity contribution is 14.1. The molecule has 1 saturated carbocycles. The van der Waals surface area contributed by atoms with Gasteiger partial charge in [0.05, 0.1) is 5.41 Å². The van der Waals surface area contributed by atoms with Gasteiger partial charge in [0.25, 0.3) is 0 Å². The predicted molar refractivity (Wildman–Crippen MR) is 111 cm³/mol. The van der Waals surface area contributed by atoms with E-state index in [1.807, 2.05) is 6.07 Å². The second kappa shape index (κ2) is 6.71. The number of hydrogen-bond donors (Lipinski definition) is 0. The van der Waals surface area contributed by atoms with Crippen molar-refractivity contribution in [2.24, 2.45) is 17.3 Å². The second-order valence-electron chi connectivity index (χ2n) is 7.62. The average molecular weight is 442 g/mol. The smallest absolute Gasteiger partial charge is 0.144 e. The zero-order valence-corrected chi connectivity index (χ0v) is 16.7. The van der Waals surface area contributed by atoms with Gasteiger partial charge >= 0.3 is 0 Å². The molecule has 0 N–H and O–H groups in total. The number of carbonyl (C=O) groups is 1. The number of benzene rings is 2. The van der Waals surface area contributed by atoms with E-state index in [9.17, 15) is 4.79 Å².